The molecule has 4 unspecified atom stereocenters. The van der Waals surface area contributed by atoms with Gasteiger partial charge in [-0.2, -0.15) is 18.3 Å². The molecule has 206 valence electrons. The summed E-state index contributed by atoms with van der Waals surface area (Å²) < 4.78 is 61.1. The summed E-state index contributed by atoms with van der Waals surface area (Å²) in [6.45, 7) is 1.07. The van der Waals surface area contributed by atoms with Gasteiger partial charge in [0.1, 0.15) is 28.9 Å². The predicted molar refractivity (Wildman–Crippen MR) is 133 cm³/mol. The lowest BCUT2D eigenvalue weighted by Gasteiger charge is -2.24. The largest absolute Gasteiger partial charge is 0.496 e. The first-order valence-electron chi connectivity index (χ1n) is 12.9. The molecule has 0 saturated heterocycles. The van der Waals surface area contributed by atoms with Gasteiger partial charge in [0.15, 0.2) is 0 Å². The number of alkyl halides is 3. The number of aromatic carboxylic acids is 1. The number of amides is 1. The van der Waals surface area contributed by atoms with Crippen LogP contribution in [0.2, 0.25) is 0 Å². The van der Waals surface area contributed by atoms with Crippen LogP contribution in [-0.2, 0) is 6.54 Å². The highest BCUT2D eigenvalue weighted by molar-refractivity contribution is 5.98. The zero-order chi connectivity index (χ0) is 28.3. The molecule has 1 amide bonds. The third-order valence-corrected chi connectivity index (χ3v) is 8.99. The van der Waals surface area contributed by atoms with Crippen LogP contribution in [0.4, 0.5) is 17.6 Å². The number of allylic oxidation sites excluding steroid dienone is 2. The Balaban J connectivity index is 1.17. The number of carboxylic acids is 1. The molecule has 1 heterocycles. The molecule has 0 radical (unpaired) electrons. The van der Waals surface area contributed by atoms with Gasteiger partial charge in [-0.15, -0.1) is 0 Å². The lowest BCUT2D eigenvalue weighted by Crippen LogP contribution is -2.28. The van der Waals surface area contributed by atoms with Gasteiger partial charge in [0.05, 0.1) is 18.4 Å². The molecular weight excluding hydrogens is 530 g/mol. The van der Waals surface area contributed by atoms with Crippen molar-refractivity contribution in [3.05, 3.63) is 81.8 Å². The highest BCUT2D eigenvalue weighted by Crippen LogP contribution is 3.03. The van der Waals surface area contributed by atoms with E-state index in [1.165, 1.54) is 30.4 Å². The molecule has 4 aliphatic rings. The predicted octanol–water partition coefficient (Wildman–Crippen LogP) is 5.49. The van der Waals surface area contributed by atoms with E-state index in [1.54, 1.807) is 24.3 Å². The second kappa shape index (κ2) is 7.96. The van der Waals surface area contributed by atoms with Crippen molar-refractivity contribution in [3.63, 3.8) is 0 Å². The summed E-state index contributed by atoms with van der Waals surface area (Å²) in [5.74, 6) is -1.86. The molecule has 2 N–H and O–H groups in total. The summed E-state index contributed by atoms with van der Waals surface area (Å²) in [5, 5.41) is 17.1. The Hall–Kier alpha value is -4.15. The molecule has 0 aliphatic heterocycles. The van der Waals surface area contributed by atoms with Gasteiger partial charge in [-0.05, 0) is 48.9 Å². The minimum atomic E-state index is -4.60. The molecule has 40 heavy (non-hydrogen) atoms. The van der Waals surface area contributed by atoms with Crippen molar-refractivity contribution >= 4 is 11.9 Å². The van der Waals surface area contributed by atoms with E-state index in [0.717, 1.165) is 24.1 Å². The Kier molecular flexibility index (Phi) is 4.94. The van der Waals surface area contributed by atoms with E-state index in [1.807, 2.05) is 0 Å². The number of rotatable bonds is 8. The molecule has 5 atom stereocenters. The van der Waals surface area contributed by atoms with Crippen molar-refractivity contribution in [3.8, 4) is 17.0 Å². The third kappa shape index (κ3) is 3.26. The summed E-state index contributed by atoms with van der Waals surface area (Å²) in [4.78, 5) is 25.1. The van der Waals surface area contributed by atoms with Gasteiger partial charge in [-0.3, -0.25) is 9.48 Å². The van der Waals surface area contributed by atoms with Gasteiger partial charge in [-0.25, -0.2) is 9.18 Å². The van der Waals surface area contributed by atoms with E-state index in [4.69, 9.17) is 4.74 Å². The number of fused-ring (bicyclic) bond motifs is 2. The van der Waals surface area contributed by atoms with Gasteiger partial charge in [0.2, 0.25) is 0 Å². The van der Waals surface area contributed by atoms with Crippen molar-refractivity contribution < 1.29 is 37.0 Å². The lowest BCUT2D eigenvalue weighted by molar-refractivity contribution is -0.165. The van der Waals surface area contributed by atoms with Crippen LogP contribution in [0.1, 0.15) is 57.3 Å². The fourth-order valence-electron chi connectivity index (χ4n) is 6.92. The summed E-state index contributed by atoms with van der Waals surface area (Å²) >= 11 is 0. The van der Waals surface area contributed by atoms with Crippen LogP contribution in [0.5, 0.6) is 5.75 Å². The number of hydrogen-bond donors (Lipinski definition) is 2. The number of nitrogens with one attached hydrogen (secondary N) is 1. The highest BCUT2D eigenvalue weighted by Gasteiger charge is 2.97. The minimum Gasteiger partial charge on any atom is -0.496 e. The van der Waals surface area contributed by atoms with Gasteiger partial charge in [-0.1, -0.05) is 35.4 Å². The van der Waals surface area contributed by atoms with E-state index in [9.17, 15) is 32.3 Å². The van der Waals surface area contributed by atoms with Gasteiger partial charge >= 0.3 is 12.1 Å². The Labute approximate surface area is 225 Å². The molecule has 2 saturated carbocycles. The molecule has 1 spiro atoms. The SMILES string of the molecule is COc1ccc(F)cc1C(=O)NCc1ccc(-c2nn([C@@H](C)C(F)(F)F)c(C3C4C5C6=C(C6)C534)c2C(=O)O)cc1. The molecule has 3 aromatic rings. The van der Waals surface area contributed by atoms with Crippen LogP contribution in [-0.4, -0.2) is 40.0 Å². The molecule has 2 fully saturated rings. The molecule has 11 heteroatoms. The van der Waals surface area contributed by atoms with E-state index >= 15 is 0 Å². The summed E-state index contributed by atoms with van der Waals surface area (Å²) in [6, 6.07) is 8.03. The normalized spacial score (nSPS) is 25.7. The van der Waals surface area contributed by atoms with Crippen molar-refractivity contribution in [2.45, 2.75) is 38.0 Å². The lowest BCUT2D eigenvalue weighted by atomic mass is 9.84. The second-order valence-electron chi connectivity index (χ2n) is 10.9. The Morgan fingerprint density at radius 3 is 2.52 bits per heavy atom. The fraction of sp³-hybridized carbons (Fsp3) is 0.345. The number of halogens is 4. The number of carbonyl (C=O) groups excluding carboxylic acids is 1. The van der Waals surface area contributed by atoms with Crippen LogP contribution >= 0.6 is 0 Å². The monoisotopic (exact) mass is 553 g/mol. The summed E-state index contributed by atoms with van der Waals surface area (Å²) in [6.07, 6.45) is -3.67. The molecule has 7 rings (SSSR count). The van der Waals surface area contributed by atoms with E-state index in [2.05, 4.69) is 10.4 Å². The number of hydrogen-bond acceptors (Lipinski definition) is 4. The number of carbonyl (C=O) groups is 2. The van der Waals surface area contributed by atoms with Crippen molar-refractivity contribution in [1.82, 2.24) is 15.1 Å². The van der Waals surface area contributed by atoms with Crippen LogP contribution < -0.4 is 10.1 Å². The number of methoxy groups -OCH3 is 1. The topological polar surface area (TPSA) is 93.5 Å². The van der Waals surface area contributed by atoms with Crippen LogP contribution in [0, 0.1) is 23.1 Å². The van der Waals surface area contributed by atoms with Crippen molar-refractivity contribution in [1.29, 1.82) is 0 Å². The molecule has 0 bridgehead atoms. The van der Waals surface area contributed by atoms with E-state index in [-0.39, 0.29) is 52.1 Å². The fourth-order valence-corrected chi connectivity index (χ4v) is 6.92. The van der Waals surface area contributed by atoms with E-state index in [0.29, 0.717) is 17.0 Å². The van der Waals surface area contributed by atoms with E-state index < -0.39 is 29.9 Å². The smallest absolute Gasteiger partial charge is 0.410 e. The maximum atomic E-state index is 13.8. The molecule has 7 nitrogen and oxygen atoms in total. The van der Waals surface area contributed by atoms with Gasteiger partial charge in [0, 0.05) is 23.4 Å². The Morgan fingerprint density at radius 2 is 1.93 bits per heavy atom. The van der Waals surface area contributed by atoms with Crippen molar-refractivity contribution in [2.24, 2.45) is 17.3 Å². The molecule has 2 aromatic carbocycles. The first kappa shape index (κ1) is 24.9. The zero-order valence-corrected chi connectivity index (χ0v) is 21.3. The molecular formula is C29H23F4N3O4. The quantitative estimate of drug-likeness (QED) is 0.284. The summed E-state index contributed by atoms with van der Waals surface area (Å²) in [5.41, 5.74) is 3.59. The Morgan fingerprint density at radius 1 is 1.20 bits per heavy atom. The number of aromatic nitrogens is 2. The highest BCUT2D eigenvalue weighted by atomic mass is 19.4. The summed E-state index contributed by atoms with van der Waals surface area (Å²) in [7, 11) is 1.37. The number of carboxylic acid groups (broad SMARTS) is 1. The van der Waals surface area contributed by atoms with Gasteiger partial charge in [0.25, 0.3) is 5.91 Å². The first-order valence-corrected chi connectivity index (χ1v) is 12.9. The second-order valence-corrected chi connectivity index (χ2v) is 10.9. The van der Waals surface area contributed by atoms with Crippen LogP contribution in [0.3, 0.4) is 0 Å². The van der Waals surface area contributed by atoms with Crippen LogP contribution in [0.15, 0.2) is 53.6 Å². The average molecular weight is 554 g/mol. The number of benzene rings is 2. The van der Waals surface area contributed by atoms with Crippen molar-refractivity contribution in [2.75, 3.05) is 7.11 Å². The average Bonchev–Trinajstić information content (AvgIpc) is 3.84. The standard InChI is InChI=1S/C29H23F4N3O4/c1-12(29(31,32)33)36-25(23-22-21-16-10-18(16)28(21,22)23)20(27(38)39)24(35-36)14-5-3-13(4-6-14)11-34-26(37)17-9-15(30)7-8-19(17)40-2/h3-9,12,21-23H,10-11H2,1-2H3,(H,34,37)(H,38,39)/t12-,21?,22?,23?,28?/m0/s1. The maximum absolute atomic E-state index is 13.8. The Bertz CT molecular complexity index is 1660. The zero-order valence-electron chi connectivity index (χ0n) is 21.3. The molecule has 1 aromatic heterocycles. The first-order chi connectivity index (χ1) is 19.0. The number of ether oxygens (including phenoxy) is 1. The van der Waals surface area contributed by atoms with Crippen LogP contribution in [0.25, 0.3) is 11.3 Å². The van der Waals surface area contributed by atoms with Gasteiger partial charge < -0.3 is 15.2 Å². The maximum Gasteiger partial charge on any atom is 0.410 e. The number of nitrogens with zero attached hydrogens (tertiary/aromatic N) is 2. The minimum absolute atomic E-state index is 0.0118. The molecule has 4 aliphatic carbocycles. The third-order valence-electron chi connectivity index (χ3n) is 8.99.